The minimum atomic E-state index is 0.972. The lowest BCUT2D eigenvalue weighted by atomic mass is 10.4. The van der Waals surface area contributed by atoms with Gasteiger partial charge in [-0.2, -0.15) is 15.4 Å². The summed E-state index contributed by atoms with van der Waals surface area (Å²) >= 11 is 0. The third-order valence-electron chi connectivity index (χ3n) is 0.959. The van der Waals surface area contributed by atoms with E-state index in [2.05, 4.69) is 15.4 Å². The molecule has 3 heteroatoms. The van der Waals surface area contributed by atoms with Gasteiger partial charge in [-0.15, -0.1) is 0 Å². The molecule has 0 saturated carbocycles. The van der Waals surface area contributed by atoms with Gasteiger partial charge >= 0.3 is 0 Å². The van der Waals surface area contributed by atoms with E-state index in [0.29, 0.717) is 0 Å². The molecule has 0 radical (unpaired) electrons. The fourth-order valence-corrected chi connectivity index (χ4v) is 0.337. The molecule has 0 fully saturated rings. The Morgan fingerprint density at radius 1 is 1.00 bits per heavy atom. The Morgan fingerprint density at radius 3 is 1.44 bits per heavy atom. The lowest BCUT2D eigenvalue weighted by molar-refractivity contribution is 0.921. The van der Waals surface area contributed by atoms with Crippen LogP contribution in [0, 0.1) is 13.8 Å². The Bertz CT molecular complexity index is 141. The van der Waals surface area contributed by atoms with Crippen LogP contribution in [0.4, 0.5) is 0 Å². The lowest BCUT2D eigenvalue weighted by Gasteiger charge is -1.74. The molecule has 0 spiro atoms. The Hall–Kier alpha value is -0.860. The van der Waals surface area contributed by atoms with Gasteiger partial charge in [0.25, 0.3) is 0 Å². The molecule has 0 aliphatic heterocycles. The van der Waals surface area contributed by atoms with Crippen molar-refractivity contribution in [2.24, 2.45) is 0 Å². The van der Waals surface area contributed by atoms with E-state index in [0.717, 1.165) is 11.4 Å². The van der Waals surface area contributed by atoms with E-state index >= 15 is 0 Å². The van der Waals surface area contributed by atoms with Crippen molar-refractivity contribution in [1.29, 1.82) is 0 Å². The first-order chi connectivity index (χ1) is 4.30. The largest absolute Gasteiger partial charge is 0.197 e. The maximum atomic E-state index is 3.78. The number of aromatic amines is 1. The van der Waals surface area contributed by atoms with Crippen LogP contribution in [0.2, 0.25) is 0 Å². The van der Waals surface area contributed by atoms with Crippen molar-refractivity contribution < 1.29 is 0 Å². The molecule has 9 heavy (non-hydrogen) atoms. The summed E-state index contributed by atoms with van der Waals surface area (Å²) in [5, 5.41) is 10.1. The van der Waals surface area contributed by atoms with E-state index in [1.807, 2.05) is 27.7 Å². The van der Waals surface area contributed by atoms with Crippen LogP contribution in [0.5, 0.6) is 0 Å². The van der Waals surface area contributed by atoms with Gasteiger partial charge in [0.05, 0.1) is 11.4 Å². The van der Waals surface area contributed by atoms with E-state index in [4.69, 9.17) is 0 Å². The molecule has 1 N–H and O–H groups in total. The van der Waals surface area contributed by atoms with Gasteiger partial charge in [-0.25, -0.2) is 0 Å². The molecule has 0 atom stereocenters. The van der Waals surface area contributed by atoms with Gasteiger partial charge in [0.2, 0.25) is 0 Å². The summed E-state index contributed by atoms with van der Waals surface area (Å²) in [5.41, 5.74) is 1.94. The first kappa shape index (κ1) is 8.14. The Labute approximate surface area is 55.5 Å². The predicted molar refractivity (Wildman–Crippen MR) is 37.2 cm³/mol. The van der Waals surface area contributed by atoms with Crippen molar-refractivity contribution in [1.82, 2.24) is 15.4 Å². The molecule has 0 bridgehead atoms. The summed E-state index contributed by atoms with van der Waals surface area (Å²) in [6, 6.07) is 0. The van der Waals surface area contributed by atoms with Gasteiger partial charge in [-0.1, -0.05) is 13.8 Å². The summed E-state index contributed by atoms with van der Waals surface area (Å²) in [6.45, 7) is 7.83. The average Bonchev–Trinajstić information content (AvgIpc) is 2.23. The molecule has 0 aliphatic carbocycles. The van der Waals surface area contributed by atoms with Crippen molar-refractivity contribution in [2.75, 3.05) is 0 Å². The van der Waals surface area contributed by atoms with Crippen LogP contribution in [0.25, 0.3) is 0 Å². The van der Waals surface area contributed by atoms with Crippen LogP contribution < -0.4 is 0 Å². The fraction of sp³-hybridized carbons (Fsp3) is 0.667. The highest BCUT2D eigenvalue weighted by atomic mass is 15.3. The number of nitrogens with zero attached hydrogens (tertiary/aromatic N) is 2. The molecule has 0 aromatic carbocycles. The Balaban J connectivity index is 0.000000291. The highest BCUT2D eigenvalue weighted by Gasteiger charge is 1.90. The van der Waals surface area contributed by atoms with Crippen LogP contribution in [0.3, 0.4) is 0 Å². The van der Waals surface area contributed by atoms with Crippen LogP contribution >= 0.6 is 0 Å². The summed E-state index contributed by atoms with van der Waals surface area (Å²) in [7, 11) is 0. The highest BCUT2D eigenvalue weighted by Crippen LogP contribution is 1.91. The molecule has 52 valence electrons. The van der Waals surface area contributed by atoms with Crippen molar-refractivity contribution in [3.63, 3.8) is 0 Å². The lowest BCUT2D eigenvalue weighted by Crippen LogP contribution is -1.71. The van der Waals surface area contributed by atoms with Crippen molar-refractivity contribution in [3.05, 3.63) is 11.4 Å². The second-order valence-electron chi connectivity index (χ2n) is 1.49. The van der Waals surface area contributed by atoms with E-state index in [-0.39, 0.29) is 0 Å². The second-order valence-corrected chi connectivity index (χ2v) is 1.49. The maximum absolute atomic E-state index is 3.78. The standard InChI is InChI=1S/C4H7N3.C2H6/c1-3-4(2)6-7-5-3;1-2/h1-2H3,(H,5,6,7);1-2H3. The van der Waals surface area contributed by atoms with Crippen molar-refractivity contribution in [3.8, 4) is 0 Å². The SMILES string of the molecule is CC.Cc1n[nH]nc1C. The zero-order chi connectivity index (χ0) is 7.28. The summed E-state index contributed by atoms with van der Waals surface area (Å²) < 4.78 is 0. The fourth-order valence-electron chi connectivity index (χ4n) is 0.337. The molecule has 1 rings (SSSR count). The van der Waals surface area contributed by atoms with Crippen molar-refractivity contribution >= 4 is 0 Å². The number of aryl methyl sites for hydroxylation is 2. The highest BCUT2D eigenvalue weighted by molar-refractivity contribution is 5.01. The molecule has 1 aromatic heterocycles. The smallest absolute Gasteiger partial charge is 0.0822 e. The molecular formula is C6H13N3. The third-order valence-corrected chi connectivity index (χ3v) is 0.959. The Morgan fingerprint density at radius 2 is 1.33 bits per heavy atom. The molecule has 0 saturated heterocycles. The third kappa shape index (κ3) is 2.26. The summed E-state index contributed by atoms with van der Waals surface area (Å²) in [5.74, 6) is 0. The minimum absolute atomic E-state index is 0.972. The second kappa shape index (κ2) is 4.06. The first-order valence-electron chi connectivity index (χ1n) is 3.14. The number of H-pyrrole nitrogens is 1. The van der Waals surface area contributed by atoms with Gasteiger partial charge < -0.3 is 0 Å². The maximum Gasteiger partial charge on any atom is 0.0822 e. The van der Waals surface area contributed by atoms with E-state index < -0.39 is 0 Å². The molecule has 3 nitrogen and oxygen atoms in total. The monoisotopic (exact) mass is 127 g/mol. The normalized spacial score (nSPS) is 8.00. The Kier molecular flexibility index (Phi) is 3.67. The number of aromatic nitrogens is 3. The van der Waals surface area contributed by atoms with E-state index in [1.165, 1.54) is 0 Å². The van der Waals surface area contributed by atoms with Gasteiger partial charge in [0.1, 0.15) is 0 Å². The van der Waals surface area contributed by atoms with Crippen LogP contribution in [-0.2, 0) is 0 Å². The number of hydrogen-bond acceptors (Lipinski definition) is 2. The average molecular weight is 127 g/mol. The van der Waals surface area contributed by atoms with Gasteiger partial charge in [0, 0.05) is 0 Å². The summed E-state index contributed by atoms with van der Waals surface area (Å²) in [6.07, 6.45) is 0. The molecule has 0 amide bonds. The predicted octanol–water partition coefficient (Wildman–Crippen LogP) is 1.45. The number of rotatable bonds is 0. The van der Waals surface area contributed by atoms with Crippen LogP contribution in [0.1, 0.15) is 25.2 Å². The van der Waals surface area contributed by atoms with E-state index in [1.54, 1.807) is 0 Å². The number of nitrogens with one attached hydrogen (secondary N) is 1. The molecule has 0 aliphatic rings. The molecule has 0 unspecified atom stereocenters. The van der Waals surface area contributed by atoms with E-state index in [9.17, 15) is 0 Å². The number of hydrogen-bond donors (Lipinski definition) is 1. The molecular weight excluding hydrogens is 114 g/mol. The zero-order valence-corrected chi connectivity index (χ0v) is 6.39. The first-order valence-corrected chi connectivity index (χ1v) is 3.14. The van der Waals surface area contributed by atoms with Crippen molar-refractivity contribution in [2.45, 2.75) is 27.7 Å². The van der Waals surface area contributed by atoms with Crippen LogP contribution in [-0.4, -0.2) is 15.4 Å². The van der Waals surface area contributed by atoms with Crippen LogP contribution in [0.15, 0.2) is 0 Å². The van der Waals surface area contributed by atoms with Gasteiger partial charge in [-0.3, -0.25) is 0 Å². The topological polar surface area (TPSA) is 41.6 Å². The molecule has 1 heterocycles. The summed E-state index contributed by atoms with van der Waals surface area (Å²) in [4.78, 5) is 0. The minimum Gasteiger partial charge on any atom is -0.197 e. The quantitative estimate of drug-likeness (QED) is 0.573. The zero-order valence-electron chi connectivity index (χ0n) is 6.39. The van der Waals surface area contributed by atoms with Gasteiger partial charge in [0.15, 0.2) is 0 Å². The van der Waals surface area contributed by atoms with Gasteiger partial charge in [-0.05, 0) is 13.8 Å². The molecule has 1 aromatic rings.